The van der Waals surface area contributed by atoms with Gasteiger partial charge in [0, 0.05) is 13.1 Å². The zero-order valence-corrected chi connectivity index (χ0v) is 15.9. The molecule has 2 aromatic rings. The van der Waals surface area contributed by atoms with Crippen LogP contribution in [0.2, 0.25) is 0 Å². The Hall–Kier alpha value is -2.18. The number of hydrogen-bond donors (Lipinski definition) is 1. The van der Waals surface area contributed by atoms with Crippen molar-refractivity contribution in [1.29, 1.82) is 0 Å². The first-order chi connectivity index (χ1) is 12.4. The van der Waals surface area contributed by atoms with Crippen molar-refractivity contribution in [3.8, 4) is 0 Å². The molecule has 2 aromatic carbocycles. The Bertz CT molecular complexity index is 895. The topological polar surface area (TPSA) is 66.5 Å². The summed E-state index contributed by atoms with van der Waals surface area (Å²) in [5.41, 5.74) is 3.33. The molecular weight excluding hydrogens is 348 g/mol. The maximum absolute atomic E-state index is 12.9. The Kier molecular flexibility index (Phi) is 5.44. The maximum atomic E-state index is 12.9. The van der Waals surface area contributed by atoms with Gasteiger partial charge in [-0.15, -0.1) is 0 Å². The van der Waals surface area contributed by atoms with Crippen LogP contribution in [0, 0.1) is 13.8 Å². The number of amides is 1. The van der Waals surface area contributed by atoms with E-state index in [2.05, 4.69) is 11.4 Å². The highest BCUT2D eigenvalue weighted by Crippen LogP contribution is 2.26. The van der Waals surface area contributed by atoms with Crippen molar-refractivity contribution in [3.63, 3.8) is 0 Å². The lowest BCUT2D eigenvalue weighted by atomic mass is 10.1. The molecule has 26 heavy (non-hydrogen) atoms. The monoisotopic (exact) mass is 372 g/mol. The number of carbonyl (C=O) groups is 1. The fourth-order valence-corrected chi connectivity index (χ4v) is 5.04. The molecule has 1 N–H and O–H groups in total. The molecule has 138 valence electrons. The van der Waals surface area contributed by atoms with Gasteiger partial charge in [0.2, 0.25) is 15.9 Å². The minimum absolute atomic E-state index is 0.231. The van der Waals surface area contributed by atoms with Crippen molar-refractivity contribution in [2.75, 3.05) is 6.54 Å². The largest absolute Gasteiger partial charge is 0.351 e. The summed E-state index contributed by atoms with van der Waals surface area (Å²) >= 11 is 0. The summed E-state index contributed by atoms with van der Waals surface area (Å²) in [6.07, 6.45) is 1.23. The number of hydrogen-bond acceptors (Lipinski definition) is 3. The van der Waals surface area contributed by atoms with E-state index in [1.54, 1.807) is 30.3 Å². The Morgan fingerprint density at radius 3 is 2.58 bits per heavy atom. The van der Waals surface area contributed by atoms with E-state index in [1.165, 1.54) is 9.87 Å². The van der Waals surface area contributed by atoms with Crippen molar-refractivity contribution < 1.29 is 13.2 Å². The number of benzene rings is 2. The molecule has 1 heterocycles. The standard InChI is InChI=1S/C20H24N2O3S/c1-15-10-11-17(16(2)13-15)14-21-20(23)19-9-6-12-22(19)26(24,25)18-7-4-3-5-8-18/h3-5,7-8,10-11,13,19H,6,9,12,14H2,1-2H3,(H,21,23). The van der Waals surface area contributed by atoms with Gasteiger partial charge in [0.25, 0.3) is 0 Å². The Labute approximate surface area is 155 Å². The minimum atomic E-state index is -3.66. The molecule has 1 unspecified atom stereocenters. The number of rotatable bonds is 5. The summed E-state index contributed by atoms with van der Waals surface area (Å²) in [7, 11) is -3.66. The van der Waals surface area contributed by atoms with Crippen LogP contribution >= 0.6 is 0 Å². The number of carbonyl (C=O) groups excluding carboxylic acids is 1. The smallest absolute Gasteiger partial charge is 0.243 e. The molecule has 1 fully saturated rings. The number of aryl methyl sites for hydroxylation is 2. The normalized spacial score (nSPS) is 18.0. The van der Waals surface area contributed by atoms with Gasteiger partial charge < -0.3 is 5.32 Å². The fourth-order valence-electron chi connectivity index (χ4n) is 3.36. The second kappa shape index (κ2) is 7.60. The molecule has 6 heteroatoms. The number of nitrogens with zero attached hydrogens (tertiary/aromatic N) is 1. The summed E-state index contributed by atoms with van der Waals surface area (Å²) in [4.78, 5) is 12.9. The first-order valence-corrected chi connectivity index (χ1v) is 10.2. The molecule has 1 aliphatic heterocycles. The quantitative estimate of drug-likeness (QED) is 0.878. The van der Waals surface area contributed by atoms with E-state index in [0.717, 1.165) is 11.1 Å². The molecule has 0 bridgehead atoms. The van der Waals surface area contributed by atoms with E-state index in [9.17, 15) is 13.2 Å². The highest BCUT2D eigenvalue weighted by Gasteiger charge is 2.39. The molecule has 1 saturated heterocycles. The molecule has 5 nitrogen and oxygen atoms in total. The van der Waals surface area contributed by atoms with E-state index in [-0.39, 0.29) is 10.8 Å². The van der Waals surface area contributed by atoms with Crippen LogP contribution in [-0.4, -0.2) is 31.2 Å². The second-order valence-electron chi connectivity index (χ2n) is 6.73. The highest BCUT2D eigenvalue weighted by atomic mass is 32.2. The van der Waals surface area contributed by atoms with Crippen molar-refractivity contribution in [1.82, 2.24) is 9.62 Å². The average Bonchev–Trinajstić information content (AvgIpc) is 3.12. The predicted molar refractivity (Wildman–Crippen MR) is 101 cm³/mol. The van der Waals surface area contributed by atoms with Gasteiger partial charge in [-0.25, -0.2) is 8.42 Å². The van der Waals surface area contributed by atoms with Crippen LogP contribution in [0.1, 0.15) is 29.5 Å². The second-order valence-corrected chi connectivity index (χ2v) is 8.63. The molecule has 3 rings (SSSR count). The summed E-state index contributed by atoms with van der Waals surface area (Å²) < 4.78 is 27.1. The molecule has 1 aliphatic rings. The first-order valence-electron chi connectivity index (χ1n) is 8.80. The third-order valence-corrected chi connectivity index (χ3v) is 6.73. The van der Waals surface area contributed by atoms with Gasteiger partial charge in [-0.1, -0.05) is 42.0 Å². The lowest BCUT2D eigenvalue weighted by Crippen LogP contribution is -2.45. The van der Waals surface area contributed by atoms with Crippen LogP contribution in [0.5, 0.6) is 0 Å². The van der Waals surface area contributed by atoms with E-state index in [4.69, 9.17) is 0 Å². The summed E-state index contributed by atoms with van der Waals surface area (Å²) in [5, 5.41) is 2.91. The molecule has 0 saturated carbocycles. The number of nitrogens with one attached hydrogen (secondary N) is 1. The fraction of sp³-hybridized carbons (Fsp3) is 0.350. The third kappa shape index (κ3) is 3.81. The molecule has 1 atom stereocenters. The third-order valence-electron chi connectivity index (χ3n) is 4.81. The van der Waals surface area contributed by atoms with Gasteiger partial charge in [0.1, 0.15) is 6.04 Å². The first kappa shape index (κ1) is 18.6. The van der Waals surface area contributed by atoms with Gasteiger partial charge in [0.05, 0.1) is 4.90 Å². The Morgan fingerprint density at radius 1 is 1.15 bits per heavy atom. The van der Waals surface area contributed by atoms with Crippen molar-refractivity contribution in [2.24, 2.45) is 0 Å². The van der Waals surface area contributed by atoms with Gasteiger partial charge in [-0.05, 0) is 49.9 Å². The van der Waals surface area contributed by atoms with Crippen molar-refractivity contribution in [2.45, 2.75) is 44.2 Å². The van der Waals surface area contributed by atoms with E-state index in [0.29, 0.717) is 25.9 Å². The SMILES string of the molecule is Cc1ccc(CNC(=O)C2CCCN2S(=O)(=O)c2ccccc2)c(C)c1. The molecule has 0 radical (unpaired) electrons. The maximum Gasteiger partial charge on any atom is 0.243 e. The number of sulfonamides is 1. The minimum Gasteiger partial charge on any atom is -0.351 e. The summed E-state index contributed by atoms with van der Waals surface area (Å²) in [6, 6.07) is 13.7. The van der Waals surface area contributed by atoms with E-state index < -0.39 is 16.1 Å². The van der Waals surface area contributed by atoms with E-state index >= 15 is 0 Å². The molecule has 0 aromatic heterocycles. The van der Waals surface area contributed by atoms with Gasteiger partial charge in [-0.3, -0.25) is 4.79 Å². The van der Waals surface area contributed by atoms with Crippen LogP contribution in [0.4, 0.5) is 0 Å². The molecule has 0 spiro atoms. The molecule has 1 amide bonds. The summed E-state index contributed by atoms with van der Waals surface area (Å²) in [5.74, 6) is -0.234. The van der Waals surface area contributed by atoms with Crippen LogP contribution < -0.4 is 5.32 Å². The Morgan fingerprint density at radius 2 is 1.88 bits per heavy atom. The van der Waals surface area contributed by atoms with Crippen molar-refractivity contribution >= 4 is 15.9 Å². The van der Waals surface area contributed by atoms with Crippen molar-refractivity contribution in [3.05, 3.63) is 65.2 Å². The average molecular weight is 372 g/mol. The van der Waals surface area contributed by atoms with Gasteiger partial charge >= 0.3 is 0 Å². The van der Waals surface area contributed by atoms with Gasteiger partial charge in [0.15, 0.2) is 0 Å². The molecule has 0 aliphatic carbocycles. The zero-order chi connectivity index (χ0) is 18.7. The van der Waals surface area contributed by atoms with Crippen LogP contribution in [-0.2, 0) is 21.4 Å². The van der Waals surface area contributed by atoms with Gasteiger partial charge in [-0.2, -0.15) is 4.31 Å². The molecular formula is C20H24N2O3S. The lowest BCUT2D eigenvalue weighted by molar-refractivity contribution is -0.124. The van der Waals surface area contributed by atoms with Crippen LogP contribution in [0.3, 0.4) is 0 Å². The van der Waals surface area contributed by atoms with Crippen LogP contribution in [0.15, 0.2) is 53.4 Å². The van der Waals surface area contributed by atoms with E-state index in [1.807, 2.05) is 26.0 Å². The van der Waals surface area contributed by atoms with Crippen LogP contribution in [0.25, 0.3) is 0 Å². The Balaban J connectivity index is 1.72. The lowest BCUT2D eigenvalue weighted by Gasteiger charge is -2.23. The zero-order valence-electron chi connectivity index (χ0n) is 15.1. The summed E-state index contributed by atoms with van der Waals surface area (Å²) in [6.45, 7) is 4.82. The highest BCUT2D eigenvalue weighted by molar-refractivity contribution is 7.89. The predicted octanol–water partition coefficient (Wildman–Crippen LogP) is 2.77.